The number of hydrogen-bond acceptors (Lipinski definition) is 0. The molecular weight excluding hydrogens is 672 g/mol. The zero-order chi connectivity index (χ0) is 36.9. The van der Waals surface area contributed by atoms with Gasteiger partial charge in [-0.15, -0.1) is 0 Å². The smallest absolute Gasteiger partial charge is 0.309 e. The Bertz CT molecular complexity index is 2560. The van der Waals surface area contributed by atoms with Crippen molar-refractivity contribution in [2.75, 3.05) is 0 Å². The van der Waals surface area contributed by atoms with Crippen molar-refractivity contribution in [2.45, 2.75) is 40.0 Å². The number of aromatic nitrogens is 2. The quantitative estimate of drug-likeness (QED) is 0.129. The maximum absolute atomic E-state index is 16.1. The van der Waals surface area contributed by atoms with E-state index in [1.165, 1.54) is 18.2 Å². The van der Waals surface area contributed by atoms with Crippen molar-refractivity contribution in [1.29, 1.82) is 0 Å². The molecular formula is C43H29F6N3. The topological polar surface area (TPSA) is 14.2 Å². The normalized spacial score (nSPS) is 12.4. The molecule has 0 saturated carbocycles. The molecule has 0 aliphatic heterocycles. The third kappa shape index (κ3) is 4.96. The summed E-state index contributed by atoms with van der Waals surface area (Å²) in [5, 5.41) is 3.14. The fourth-order valence-corrected chi connectivity index (χ4v) is 7.86. The van der Waals surface area contributed by atoms with E-state index in [4.69, 9.17) is 6.57 Å². The van der Waals surface area contributed by atoms with Gasteiger partial charge in [0.2, 0.25) is 0 Å². The molecule has 0 aliphatic rings. The number of fused-ring (bicyclic) bond motifs is 6. The lowest BCUT2D eigenvalue weighted by molar-refractivity contribution is -0.138. The molecule has 0 bridgehead atoms. The molecule has 6 aromatic carbocycles. The van der Waals surface area contributed by atoms with Crippen LogP contribution in [0.5, 0.6) is 0 Å². The van der Waals surface area contributed by atoms with Crippen molar-refractivity contribution in [3.8, 4) is 22.5 Å². The number of benzene rings is 6. The highest BCUT2D eigenvalue weighted by atomic mass is 19.4. The fourth-order valence-electron chi connectivity index (χ4n) is 7.86. The van der Waals surface area contributed by atoms with Gasteiger partial charge in [-0.05, 0) is 116 Å². The predicted molar refractivity (Wildman–Crippen MR) is 196 cm³/mol. The Morgan fingerprint density at radius 3 is 1.17 bits per heavy atom. The van der Waals surface area contributed by atoms with Crippen molar-refractivity contribution in [1.82, 2.24) is 9.13 Å². The molecule has 0 amide bonds. The van der Waals surface area contributed by atoms with Gasteiger partial charge in [-0.2, -0.15) is 26.3 Å². The number of rotatable bonds is 3. The molecule has 9 heteroatoms. The molecule has 3 nitrogen and oxygen atoms in total. The van der Waals surface area contributed by atoms with E-state index in [9.17, 15) is 13.2 Å². The van der Waals surface area contributed by atoms with Crippen LogP contribution in [0.25, 0.3) is 71.0 Å². The van der Waals surface area contributed by atoms with Gasteiger partial charge in [0.05, 0.1) is 40.0 Å². The maximum Gasteiger partial charge on any atom is 0.420 e. The summed E-state index contributed by atoms with van der Waals surface area (Å²) in [6.45, 7) is 15.2. The molecule has 2 heterocycles. The lowest BCUT2D eigenvalue weighted by atomic mass is 9.97. The van der Waals surface area contributed by atoms with Crippen LogP contribution in [0.3, 0.4) is 0 Å². The largest absolute Gasteiger partial charge is 0.420 e. The van der Waals surface area contributed by atoms with Gasteiger partial charge in [-0.3, -0.25) is 0 Å². The molecule has 2 aromatic heterocycles. The predicted octanol–water partition coefficient (Wildman–Crippen LogP) is 13.4. The average molecular weight is 702 g/mol. The van der Waals surface area contributed by atoms with Crippen LogP contribution in [0.4, 0.5) is 32.0 Å². The second-order valence-electron chi connectivity index (χ2n) is 13.3. The van der Waals surface area contributed by atoms with E-state index in [-0.39, 0.29) is 28.2 Å². The van der Waals surface area contributed by atoms with Crippen LogP contribution in [0.1, 0.15) is 33.4 Å². The third-order valence-electron chi connectivity index (χ3n) is 10.0. The highest BCUT2D eigenvalue weighted by Crippen LogP contribution is 2.48. The summed E-state index contributed by atoms with van der Waals surface area (Å²) in [5.41, 5.74) is 2.87. The first-order chi connectivity index (χ1) is 24.7. The van der Waals surface area contributed by atoms with Gasteiger partial charge in [0, 0.05) is 27.1 Å². The minimum absolute atomic E-state index is 0.0293. The fraction of sp³-hybridized carbons (Fsp3) is 0.140. The Kier molecular flexibility index (Phi) is 7.33. The number of hydrogen-bond donors (Lipinski definition) is 0. The van der Waals surface area contributed by atoms with Crippen molar-refractivity contribution >= 4 is 49.3 Å². The molecule has 0 atom stereocenters. The molecule has 8 rings (SSSR count). The van der Waals surface area contributed by atoms with Gasteiger partial charge in [0.15, 0.2) is 5.69 Å². The Hall–Kier alpha value is -6.01. The van der Waals surface area contributed by atoms with Gasteiger partial charge in [-0.25, -0.2) is 4.85 Å². The summed E-state index contributed by atoms with van der Waals surface area (Å²) >= 11 is 0. The average Bonchev–Trinajstić information content (AvgIpc) is 3.62. The first kappa shape index (κ1) is 33.2. The highest BCUT2D eigenvalue weighted by molar-refractivity contribution is 6.14. The summed E-state index contributed by atoms with van der Waals surface area (Å²) in [6.07, 6.45) is -9.72. The van der Waals surface area contributed by atoms with Gasteiger partial charge in [0.1, 0.15) is 5.56 Å². The minimum Gasteiger partial charge on any atom is -0.309 e. The number of halogens is 6. The van der Waals surface area contributed by atoms with Crippen LogP contribution in [-0.2, 0) is 12.4 Å². The first-order valence-corrected chi connectivity index (χ1v) is 16.5. The van der Waals surface area contributed by atoms with E-state index in [0.29, 0.717) is 22.1 Å². The van der Waals surface area contributed by atoms with Crippen molar-refractivity contribution in [3.63, 3.8) is 0 Å². The molecule has 0 spiro atoms. The Labute approximate surface area is 294 Å². The van der Waals surface area contributed by atoms with E-state index in [0.717, 1.165) is 55.9 Å². The molecule has 8 aromatic rings. The summed E-state index contributed by atoms with van der Waals surface area (Å²) in [5.74, 6) is 0. The van der Waals surface area contributed by atoms with Gasteiger partial charge in [-0.1, -0.05) is 48.5 Å². The minimum atomic E-state index is -4.92. The van der Waals surface area contributed by atoms with Crippen LogP contribution < -0.4 is 0 Å². The van der Waals surface area contributed by atoms with Crippen LogP contribution >= 0.6 is 0 Å². The Morgan fingerprint density at radius 2 is 0.846 bits per heavy atom. The van der Waals surface area contributed by atoms with Gasteiger partial charge in [0.25, 0.3) is 0 Å². The number of alkyl halides is 6. The second kappa shape index (κ2) is 11.5. The van der Waals surface area contributed by atoms with Crippen LogP contribution in [0.2, 0.25) is 0 Å². The SMILES string of the molecule is [C-]#[N+]c1cc(-c2cc(-n3c4cccc(C)c4c4c(C)cccc43)c(C(F)(F)F)c(-n3c4cccc(C)c4c4c(C)cccc43)c2)cc(C(F)(F)F)c1. The Balaban J connectivity index is 1.64. The van der Waals surface area contributed by atoms with E-state index >= 15 is 13.2 Å². The van der Waals surface area contributed by atoms with Crippen LogP contribution in [0, 0.1) is 34.3 Å². The number of aryl methyl sites for hydroxylation is 4. The number of nitrogens with zero attached hydrogens (tertiary/aromatic N) is 3. The van der Waals surface area contributed by atoms with Crippen molar-refractivity contribution < 1.29 is 26.3 Å². The van der Waals surface area contributed by atoms with Crippen LogP contribution in [0.15, 0.2) is 103 Å². The van der Waals surface area contributed by atoms with E-state index < -0.39 is 23.5 Å². The van der Waals surface area contributed by atoms with Crippen molar-refractivity contribution in [3.05, 3.63) is 148 Å². The summed E-state index contributed by atoms with van der Waals surface area (Å²) in [4.78, 5) is 3.29. The Morgan fingerprint density at radius 1 is 0.481 bits per heavy atom. The van der Waals surface area contributed by atoms with E-state index in [1.54, 1.807) is 57.7 Å². The second-order valence-corrected chi connectivity index (χ2v) is 13.3. The standard InChI is InChI=1S/C43H29F6N3/c1-23-10-6-14-31-37(23)38-24(2)11-7-15-32(38)51(31)35-20-28(27-18-29(42(44,45)46)22-30(19-27)50-5)21-36(41(35)43(47,48)49)52-33-16-8-12-25(3)39(33)40-26(4)13-9-17-34(40)52/h6-22H,1-4H3. The molecule has 0 N–H and O–H groups in total. The highest BCUT2D eigenvalue weighted by Gasteiger charge is 2.40. The van der Waals surface area contributed by atoms with Gasteiger partial charge >= 0.3 is 12.4 Å². The van der Waals surface area contributed by atoms with Gasteiger partial charge < -0.3 is 9.13 Å². The monoisotopic (exact) mass is 701 g/mol. The lowest BCUT2D eigenvalue weighted by Gasteiger charge is -2.23. The zero-order valence-electron chi connectivity index (χ0n) is 28.4. The third-order valence-corrected chi connectivity index (χ3v) is 10.0. The maximum atomic E-state index is 16.1. The molecule has 0 saturated heterocycles. The summed E-state index contributed by atoms with van der Waals surface area (Å²) < 4.78 is 94.0. The first-order valence-electron chi connectivity index (χ1n) is 16.5. The molecule has 0 unspecified atom stereocenters. The summed E-state index contributed by atoms with van der Waals surface area (Å²) in [7, 11) is 0. The molecule has 0 radical (unpaired) electrons. The molecule has 0 fully saturated rings. The van der Waals surface area contributed by atoms with E-state index in [2.05, 4.69) is 4.85 Å². The molecule has 52 heavy (non-hydrogen) atoms. The molecule has 258 valence electrons. The lowest BCUT2D eigenvalue weighted by Crippen LogP contribution is -2.16. The van der Waals surface area contributed by atoms with Crippen LogP contribution in [-0.4, -0.2) is 9.13 Å². The van der Waals surface area contributed by atoms with E-state index in [1.807, 2.05) is 52.0 Å². The van der Waals surface area contributed by atoms with Crippen molar-refractivity contribution in [2.24, 2.45) is 0 Å². The zero-order valence-corrected chi connectivity index (χ0v) is 28.4. The summed E-state index contributed by atoms with van der Waals surface area (Å²) in [6, 6.07) is 27.4. The molecule has 0 aliphatic carbocycles.